The van der Waals surface area contributed by atoms with E-state index in [0.717, 1.165) is 16.6 Å². The third-order valence-corrected chi connectivity index (χ3v) is 3.21. The predicted octanol–water partition coefficient (Wildman–Crippen LogP) is 3.63. The molecule has 0 saturated carbocycles. The fourth-order valence-corrected chi connectivity index (χ4v) is 2.10. The minimum Gasteiger partial charge on any atom is -0.465 e. The number of methoxy groups -OCH3 is 1. The molecule has 1 aromatic heterocycles. The summed E-state index contributed by atoms with van der Waals surface area (Å²) in [6.07, 6.45) is 0. The molecule has 0 saturated heterocycles. The van der Waals surface area contributed by atoms with Gasteiger partial charge in [0.2, 0.25) is 0 Å². The van der Waals surface area contributed by atoms with E-state index in [1.165, 1.54) is 12.7 Å². The van der Waals surface area contributed by atoms with Crippen molar-refractivity contribution in [3.05, 3.63) is 41.1 Å². The van der Waals surface area contributed by atoms with E-state index in [-0.39, 0.29) is 11.4 Å². The molecule has 2 aromatic rings. The van der Waals surface area contributed by atoms with Crippen molar-refractivity contribution in [1.29, 1.82) is 0 Å². The van der Waals surface area contributed by atoms with Crippen LogP contribution >= 0.6 is 0 Å². The molecule has 0 atom stereocenters. The highest BCUT2D eigenvalue weighted by molar-refractivity contribution is 6.03. The monoisotopic (exact) mass is 257 g/mol. The lowest BCUT2D eigenvalue weighted by atomic mass is 9.86. The summed E-state index contributed by atoms with van der Waals surface area (Å²) < 4.78 is 4.86. The summed E-state index contributed by atoms with van der Waals surface area (Å²) in [5, 5.41) is 0.852. The Balaban J connectivity index is 2.76. The Morgan fingerprint density at radius 1 is 1.21 bits per heavy atom. The number of aryl methyl sites for hydroxylation is 1. The molecule has 3 heteroatoms. The number of rotatable bonds is 1. The van der Waals surface area contributed by atoms with E-state index in [9.17, 15) is 4.79 Å². The molecule has 1 aromatic carbocycles. The van der Waals surface area contributed by atoms with Gasteiger partial charge in [-0.2, -0.15) is 0 Å². The van der Waals surface area contributed by atoms with Crippen LogP contribution in [0, 0.1) is 6.92 Å². The van der Waals surface area contributed by atoms with Crippen LogP contribution in [0.15, 0.2) is 24.3 Å². The van der Waals surface area contributed by atoms with Gasteiger partial charge in [-0.25, -0.2) is 4.79 Å². The van der Waals surface area contributed by atoms with Crippen LogP contribution in [-0.4, -0.2) is 18.1 Å². The van der Waals surface area contributed by atoms with Gasteiger partial charge in [0.1, 0.15) is 0 Å². The van der Waals surface area contributed by atoms with Crippen LogP contribution in [0.25, 0.3) is 10.9 Å². The summed E-state index contributed by atoms with van der Waals surface area (Å²) in [7, 11) is 1.40. The van der Waals surface area contributed by atoms with Crippen LogP contribution in [0.2, 0.25) is 0 Å². The summed E-state index contributed by atoms with van der Waals surface area (Å²) in [5.74, 6) is -0.318. The number of benzene rings is 1. The SMILES string of the molecule is COC(=O)c1cc(C)nc2ccc(C(C)(C)C)cc12. The quantitative estimate of drug-likeness (QED) is 0.732. The maximum atomic E-state index is 11.9. The number of hydrogen-bond acceptors (Lipinski definition) is 3. The maximum absolute atomic E-state index is 11.9. The molecule has 0 unspecified atom stereocenters. The summed E-state index contributed by atoms with van der Waals surface area (Å²) in [6.45, 7) is 8.32. The van der Waals surface area contributed by atoms with E-state index in [0.29, 0.717) is 5.56 Å². The van der Waals surface area contributed by atoms with Crippen LogP contribution in [-0.2, 0) is 10.2 Å². The van der Waals surface area contributed by atoms with E-state index in [2.05, 4.69) is 31.8 Å². The van der Waals surface area contributed by atoms with Crippen LogP contribution < -0.4 is 0 Å². The highest BCUT2D eigenvalue weighted by Gasteiger charge is 2.17. The van der Waals surface area contributed by atoms with Crippen LogP contribution in [0.1, 0.15) is 42.4 Å². The Hall–Kier alpha value is -1.90. The molecule has 0 amide bonds. The first-order chi connectivity index (χ1) is 8.82. The highest BCUT2D eigenvalue weighted by Crippen LogP contribution is 2.27. The number of hydrogen-bond donors (Lipinski definition) is 0. The molecule has 0 fully saturated rings. The van der Waals surface area contributed by atoms with Crippen molar-refractivity contribution in [2.24, 2.45) is 0 Å². The van der Waals surface area contributed by atoms with Gasteiger partial charge in [0.25, 0.3) is 0 Å². The van der Waals surface area contributed by atoms with Crippen molar-refractivity contribution in [2.75, 3.05) is 7.11 Å². The standard InChI is InChI=1S/C16H19NO2/c1-10-8-13(15(18)19-5)12-9-11(16(2,3)4)6-7-14(12)17-10/h6-9H,1-5H3. The molecule has 0 bridgehead atoms. The molecule has 2 rings (SSSR count). The molecule has 100 valence electrons. The lowest BCUT2D eigenvalue weighted by molar-refractivity contribution is 0.0603. The Morgan fingerprint density at radius 2 is 1.89 bits per heavy atom. The highest BCUT2D eigenvalue weighted by atomic mass is 16.5. The molecule has 0 N–H and O–H groups in total. The van der Waals surface area contributed by atoms with Crippen molar-refractivity contribution in [3.63, 3.8) is 0 Å². The lowest BCUT2D eigenvalue weighted by Gasteiger charge is -2.20. The van der Waals surface area contributed by atoms with Crippen LogP contribution in [0.4, 0.5) is 0 Å². The topological polar surface area (TPSA) is 39.2 Å². The zero-order valence-electron chi connectivity index (χ0n) is 12.1. The minimum absolute atomic E-state index is 0.0342. The van der Waals surface area contributed by atoms with Crippen molar-refractivity contribution in [3.8, 4) is 0 Å². The van der Waals surface area contributed by atoms with E-state index in [1.54, 1.807) is 6.07 Å². The van der Waals surface area contributed by atoms with Gasteiger partial charge in [0.05, 0.1) is 18.2 Å². The van der Waals surface area contributed by atoms with Crippen LogP contribution in [0.5, 0.6) is 0 Å². The molecular weight excluding hydrogens is 238 g/mol. The molecule has 0 aliphatic rings. The molecular formula is C16H19NO2. The second-order valence-corrected chi connectivity index (χ2v) is 5.78. The third kappa shape index (κ3) is 2.60. The number of nitrogens with zero attached hydrogens (tertiary/aromatic N) is 1. The van der Waals surface area contributed by atoms with Gasteiger partial charge in [0.15, 0.2) is 0 Å². The maximum Gasteiger partial charge on any atom is 0.338 e. The van der Waals surface area contributed by atoms with E-state index in [4.69, 9.17) is 4.74 Å². The van der Waals surface area contributed by atoms with E-state index >= 15 is 0 Å². The number of aromatic nitrogens is 1. The number of ether oxygens (including phenoxy) is 1. The number of esters is 1. The zero-order valence-corrected chi connectivity index (χ0v) is 12.1. The minimum atomic E-state index is -0.318. The Morgan fingerprint density at radius 3 is 2.47 bits per heavy atom. The van der Waals surface area contributed by atoms with Gasteiger partial charge >= 0.3 is 5.97 Å². The first-order valence-electron chi connectivity index (χ1n) is 6.33. The molecule has 3 nitrogen and oxygen atoms in total. The Kier molecular flexibility index (Phi) is 3.31. The van der Waals surface area contributed by atoms with Gasteiger partial charge in [-0.15, -0.1) is 0 Å². The fourth-order valence-electron chi connectivity index (χ4n) is 2.10. The summed E-state index contributed by atoms with van der Waals surface area (Å²) in [4.78, 5) is 16.4. The average Bonchev–Trinajstić information content (AvgIpc) is 2.35. The molecule has 0 spiro atoms. The Labute approximate surface area is 113 Å². The van der Waals surface area contributed by atoms with Gasteiger partial charge < -0.3 is 4.74 Å². The zero-order chi connectivity index (χ0) is 14.2. The van der Waals surface area contributed by atoms with Gasteiger partial charge in [-0.3, -0.25) is 4.98 Å². The van der Waals surface area contributed by atoms with Gasteiger partial charge in [0, 0.05) is 11.1 Å². The first-order valence-corrected chi connectivity index (χ1v) is 6.33. The molecule has 0 aliphatic heterocycles. The molecule has 0 aliphatic carbocycles. The van der Waals surface area contributed by atoms with E-state index < -0.39 is 0 Å². The summed E-state index contributed by atoms with van der Waals surface area (Å²) >= 11 is 0. The Bertz CT molecular complexity index is 639. The summed E-state index contributed by atoms with van der Waals surface area (Å²) in [6, 6.07) is 7.85. The number of carbonyl (C=O) groups excluding carboxylic acids is 1. The normalized spacial score (nSPS) is 11.6. The molecule has 19 heavy (non-hydrogen) atoms. The average molecular weight is 257 g/mol. The fraction of sp³-hybridized carbons (Fsp3) is 0.375. The second kappa shape index (κ2) is 4.65. The largest absolute Gasteiger partial charge is 0.465 e. The van der Waals surface area contributed by atoms with Crippen molar-refractivity contribution >= 4 is 16.9 Å². The second-order valence-electron chi connectivity index (χ2n) is 5.78. The lowest BCUT2D eigenvalue weighted by Crippen LogP contribution is -2.11. The first kappa shape index (κ1) is 13.5. The van der Waals surface area contributed by atoms with E-state index in [1.807, 2.05) is 19.1 Å². The van der Waals surface area contributed by atoms with Gasteiger partial charge in [-0.05, 0) is 36.1 Å². The van der Waals surface area contributed by atoms with Crippen LogP contribution in [0.3, 0.4) is 0 Å². The number of fused-ring (bicyclic) bond motifs is 1. The molecule has 0 radical (unpaired) electrons. The van der Waals surface area contributed by atoms with Crippen molar-refractivity contribution in [1.82, 2.24) is 4.98 Å². The van der Waals surface area contributed by atoms with Crippen molar-refractivity contribution in [2.45, 2.75) is 33.1 Å². The third-order valence-electron chi connectivity index (χ3n) is 3.21. The number of pyridine rings is 1. The predicted molar refractivity (Wildman–Crippen MR) is 76.5 cm³/mol. The van der Waals surface area contributed by atoms with Gasteiger partial charge in [-0.1, -0.05) is 26.8 Å². The summed E-state index contributed by atoms with van der Waals surface area (Å²) in [5.41, 5.74) is 3.43. The van der Waals surface area contributed by atoms with Crippen molar-refractivity contribution < 1.29 is 9.53 Å². The smallest absolute Gasteiger partial charge is 0.338 e. The number of carbonyl (C=O) groups is 1. The molecule has 1 heterocycles.